The van der Waals surface area contributed by atoms with Crippen LogP contribution in [0.25, 0.3) is 0 Å². The number of ether oxygens (including phenoxy) is 2. The number of hydrogen-bond donors (Lipinski definition) is 5. The molecule has 5 N–H and O–H groups in total. The maximum atomic E-state index is 13.2. The molecule has 208 valence electrons. The summed E-state index contributed by atoms with van der Waals surface area (Å²) in [6.07, 6.45) is 0.457. The van der Waals surface area contributed by atoms with Crippen molar-refractivity contribution in [2.24, 2.45) is 5.92 Å². The number of rotatable bonds is 13. The first-order valence-electron chi connectivity index (χ1n) is 12.3. The van der Waals surface area contributed by atoms with Gasteiger partial charge in [0.1, 0.15) is 29.5 Å². The van der Waals surface area contributed by atoms with Crippen LogP contribution >= 0.6 is 0 Å². The van der Waals surface area contributed by atoms with Crippen molar-refractivity contribution >= 4 is 23.9 Å². The number of nitrogens with one attached hydrogen (secondary N) is 3. The van der Waals surface area contributed by atoms with Crippen molar-refractivity contribution in [2.45, 2.75) is 84.0 Å². The van der Waals surface area contributed by atoms with Crippen LogP contribution in [0.5, 0.6) is 5.75 Å². The molecule has 1 aromatic rings. The number of esters is 1. The topological polar surface area (TPSA) is 163 Å². The van der Waals surface area contributed by atoms with Crippen molar-refractivity contribution in [3.63, 3.8) is 0 Å². The lowest BCUT2D eigenvalue weighted by atomic mass is 10.00. The Morgan fingerprint density at radius 2 is 1.54 bits per heavy atom. The SMILES string of the molecule is COC(=O)[C@H](Cc1ccc(O)cc1)NC(=O)[C@@H](NC(=O)[C@H](CCCCO)NC(=O)OC(C)(C)C)C(C)C. The molecule has 1 rings (SSSR count). The van der Waals surface area contributed by atoms with Gasteiger partial charge in [-0.15, -0.1) is 0 Å². The van der Waals surface area contributed by atoms with Gasteiger partial charge in [0.05, 0.1) is 7.11 Å². The lowest BCUT2D eigenvalue weighted by molar-refractivity contribution is -0.145. The van der Waals surface area contributed by atoms with E-state index in [4.69, 9.17) is 14.6 Å². The van der Waals surface area contributed by atoms with Crippen LogP contribution in [0.2, 0.25) is 0 Å². The first kappa shape index (κ1) is 31.7. The summed E-state index contributed by atoms with van der Waals surface area (Å²) in [4.78, 5) is 51.0. The molecule has 37 heavy (non-hydrogen) atoms. The maximum absolute atomic E-state index is 13.2. The molecule has 0 aromatic heterocycles. The van der Waals surface area contributed by atoms with Crippen molar-refractivity contribution in [1.29, 1.82) is 0 Å². The Morgan fingerprint density at radius 3 is 2.05 bits per heavy atom. The highest BCUT2D eigenvalue weighted by molar-refractivity contribution is 5.93. The zero-order valence-electron chi connectivity index (χ0n) is 22.5. The van der Waals surface area contributed by atoms with Crippen LogP contribution in [-0.4, -0.2) is 71.5 Å². The van der Waals surface area contributed by atoms with E-state index in [-0.39, 0.29) is 31.1 Å². The lowest BCUT2D eigenvalue weighted by Crippen LogP contribution is -2.58. The number of methoxy groups -OCH3 is 1. The van der Waals surface area contributed by atoms with Gasteiger partial charge in [0, 0.05) is 13.0 Å². The van der Waals surface area contributed by atoms with Crippen LogP contribution in [0.4, 0.5) is 4.79 Å². The van der Waals surface area contributed by atoms with E-state index in [9.17, 15) is 24.3 Å². The Hall–Kier alpha value is -3.34. The molecule has 3 atom stereocenters. The smallest absolute Gasteiger partial charge is 0.408 e. The summed E-state index contributed by atoms with van der Waals surface area (Å²) < 4.78 is 10.1. The molecule has 11 heteroatoms. The summed E-state index contributed by atoms with van der Waals surface area (Å²) in [5.41, 5.74) is -0.0825. The molecule has 3 amide bonds. The summed E-state index contributed by atoms with van der Waals surface area (Å²) in [5.74, 6) is -2.13. The fraction of sp³-hybridized carbons (Fsp3) is 0.615. The molecule has 1 aromatic carbocycles. The standard InChI is InChI=1S/C26H41N3O8/c1-16(2)21(23(33)27-20(24(34)36-6)15-17-10-12-18(31)13-11-17)29-22(32)19(9-7-8-14-30)28-25(35)37-26(3,4)5/h10-13,16,19-21,30-31H,7-9,14-15H2,1-6H3,(H,27,33)(H,28,35)(H,29,32)/t19-,20-,21-/m0/s1. The highest BCUT2D eigenvalue weighted by atomic mass is 16.6. The molecule has 0 aliphatic heterocycles. The minimum atomic E-state index is -1.03. The van der Waals surface area contributed by atoms with E-state index in [1.54, 1.807) is 46.8 Å². The van der Waals surface area contributed by atoms with E-state index in [0.29, 0.717) is 18.4 Å². The monoisotopic (exact) mass is 523 g/mol. The zero-order valence-corrected chi connectivity index (χ0v) is 22.5. The van der Waals surface area contributed by atoms with Crippen LogP contribution in [0.15, 0.2) is 24.3 Å². The van der Waals surface area contributed by atoms with Gasteiger partial charge < -0.3 is 35.6 Å². The van der Waals surface area contributed by atoms with Gasteiger partial charge in [0.15, 0.2) is 0 Å². The Bertz CT molecular complexity index is 896. The molecular formula is C26H41N3O8. The molecule has 0 spiro atoms. The molecular weight excluding hydrogens is 482 g/mol. The van der Waals surface area contributed by atoms with E-state index >= 15 is 0 Å². The van der Waals surface area contributed by atoms with Gasteiger partial charge in [-0.2, -0.15) is 0 Å². The summed E-state index contributed by atoms with van der Waals surface area (Å²) in [6, 6.07) is 3.15. The van der Waals surface area contributed by atoms with E-state index in [1.165, 1.54) is 19.2 Å². The highest BCUT2D eigenvalue weighted by Crippen LogP contribution is 2.13. The number of carbonyl (C=O) groups excluding carboxylic acids is 4. The fourth-order valence-electron chi connectivity index (χ4n) is 3.43. The fourth-order valence-corrected chi connectivity index (χ4v) is 3.43. The number of aromatic hydroxyl groups is 1. The van der Waals surface area contributed by atoms with Crippen LogP contribution in [-0.2, 0) is 30.3 Å². The zero-order chi connectivity index (χ0) is 28.2. The number of unbranched alkanes of at least 4 members (excludes halogenated alkanes) is 1. The Morgan fingerprint density at radius 1 is 0.919 bits per heavy atom. The second-order valence-electron chi connectivity index (χ2n) is 10.1. The quantitative estimate of drug-likeness (QED) is 0.193. The number of hydrogen-bond acceptors (Lipinski definition) is 8. The average Bonchev–Trinajstić information content (AvgIpc) is 2.80. The average molecular weight is 524 g/mol. The van der Waals surface area contributed by atoms with E-state index < -0.39 is 47.6 Å². The molecule has 0 heterocycles. The second-order valence-corrected chi connectivity index (χ2v) is 10.1. The molecule has 0 radical (unpaired) electrons. The summed E-state index contributed by atoms with van der Waals surface area (Å²) in [5, 5.41) is 26.4. The number of benzene rings is 1. The first-order valence-corrected chi connectivity index (χ1v) is 12.3. The predicted octanol–water partition coefficient (Wildman–Crippen LogP) is 1.79. The van der Waals surface area contributed by atoms with Gasteiger partial charge in [0.25, 0.3) is 0 Å². The van der Waals surface area contributed by atoms with Gasteiger partial charge in [-0.05, 0) is 63.6 Å². The summed E-state index contributed by atoms with van der Waals surface area (Å²) in [6.45, 7) is 8.50. The number of amides is 3. The van der Waals surface area contributed by atoms with E-state index in [0.717, 1.165) is 0 Å². The molecule has 11 nitrogen and oxygen atoms in total. The van der Waals surface area contributed by atoms with E-state index in [2.05, 4.69) is 16.0 Å². The van der Waals surface area contributed by atoms with Crippen LogP contribution in [0, 0.1) is 5.92 Å². The maximum Gasteiger partial charge on any atom is 0.408 e. The van der Waals surface area contributed by atoms with Gasteiger partial charge >= 0.3 is 12.1 Å². The Balaban J connectivity index is 3.00. The minimum absolute atomic E-state index is 0.0618. The largest absolute Gasteiger partial charge is 0.508 e. The molecule has 0 saturated carbocycles. The van der Waals surface area contributed by atoms with Gasteiger partial charge in [-0.1, -0.05) is 26.0 Å². The van der Waals surface area contributed by atoms with Crippen molar-refractivity contribution in [3.8, 4) is 5.75 Å². The molecule has 0 bridgehead atoms. The third-order valence-corrected chi connectivity index (χ3v) is 5.33. The summed E-state index contributed by atoms with van der Waals surface area (Å²) >= 11 is 0. The Kier molecular flexibility index (Phi) is 12.9. The number of carbonyl (C=O) groups is 4. The van der Waals surface area contributed by atoms with Gasteiger partial charge in [-0.3, -0.25) is 9.59 Å². The normalized spacial score (nSPS) is 13.7. The third kappa shape index (κ3) is 12.0. The molecule has 0 aliphatic carbocycles. The number of phenols is 1. The molecule has 0 saturated heterocycles. The van der Waals surface area contributed by atoms with Crippen molar-refractivity contribution in [2.75, 3.05) is 13.7 Å². The number of phenolic OH excluding ortho intramolecular Hbond substituents is 1. The predicted molar refractivity (Wildman–Crippen MR) is 137 cm³/mol. The van der Waals surface area contributed by atoms with E-state index in [1.807, 2.05) is 0 Å². The van der Waals surface area contributed by atoms with Crippen molar-refractivity contribution in [1.82, 2.24) is 16.0 Å². The molecule has 0 fully saturated rings. The van der Waals surface area contributed by atoms with Crippen LogP contribution < -0.4 is 16.0 Å². The second kappa shape index (κ2) is 15.0. The minimum Gasteiger partial charge on any atom is -0.508 e. The summed E-state index contributed by atoms with van der Waals surface area (Å²) in [7, 11) is 1.21. The lowest BCUT2D eigenvalue weighted by Gasteiger charge is -2.27. The molecule has 0 unspecified atom stereocenters. The number of aliphatic hydroxyl groups is 1. The van der Waals surface area contributed by atoms with Crippen LogP contribution in [0.1, 0.15) is 59.4 Å². The first-order chi connectivity index (χ1) is 17.3. The Labute approximate surface area is 218 Å². The van der Waals surface area contributed by atoms with Gasteiger partial charge in [0.2, 0.25) is 11.8 Å². The number of alkyl carbamates (subject to hydrolysis) is 1. The van der Waals surface area contributed by atoms with Crippen LogP contribution in [0.3, 0.4) is 0 Å². The highest BCUT2D eigenvalue weighted by Gasteiger charge is 2.32. The third-order valence-electron chi connectivity index (χ3n) is 5.33. The number of aliphatic hydroxyl groups excluding tert-OH is 1. The van der Waals surface area contributed by atoms with Gasteiger partial charge in [-0.25, -0.2) is 9.59 Å². The molecule has 0 aliphatic rings. The van der Waals surface area contributed by atoms with Crippen molar-refractivity contribution < 1.29 is 38.9 Å². The van der Waals surface area contributed by atoms with Crippen molar-refractivity contribution in [3.05, 3.63) is 29.8 Å².